The first kappa shape index (κ1) is 15.8. The van der Waals surface area contributed by atoms with E-state index in [9.17, 15) is 0 Å². The van der Waals surface area contributed by atoms with Gasteiger partial charge < -0.3 is 9.84 Å². The van der Waals surface area contributed by atoms with Gasteiger partial charge in [-0.15, -0.1) is 0 Å². The van der Waals surface area contributed by atoms with Gasteiger partial charge in [0, 0.05) is 20.9 Å². The zero-order chi connectivity index (χ0) is 10.7. The van der Waals surface area contributed by atoms with Crippen molar-refractivity contribution in [3.63, 3.8) is 0 Å². The molecule has 1 atom stereocenters. The van der Waals surface area contributed by atoms with E-state index in [0.29, 0.717) is 20.9 Å². The van der Waals surface area contributed by atoms with Crippen LogP contribution < -0.4 is 5.32 Å². The molecular formula is C10H26NOP. The van der Waals surface area contributed by atoms with Crippen LogP contribution in [0.5, 0.6) is 0 Å². The Kier molecular flexibility index (Phi) is 15.0. The Morgan fingerprint density at radius 1 is 1.15 bits per heavy atom. The molecule has 0 aromatic rings. The maximum atomic E-state index is 5.01. The summed E-state index contributed by atoms with van der Waals surface area (Å²) in [6, 6.07) is 1.25. The fourth-order valence-corrected chi connectivity index (χ4v) is 1.28. The van der Waals surface area contributed by atoms with E-state index in [1.165, 1.54) is 0 Å². The zero-order valence-corrected chi connectivity index (χ0v) is 11.0. The second-order valence-electron chi connectivity index (χ2n) is 3.53. The normalized spacial score (nSPS) is 11.1. The van der Waals surface area contributed by atoms with E-state index in [0.717, 1.165) is 13.0 Å². The minimum atomic E-state index is 0.625. The number of rotatable bonds is 5. The topological polar surface area (TPSA) is 21.3 Å². The van der Waals surface area contributed by atoms with E-state index in [-0.39, 0.29) is 0 Å². The first-order valence-electron chi connectivity index (χ1n) is 5.09. The first-order chi connectivity index (χ1) is 6.04. The van der Waals surface area contributed by atoms with Gasteiger partial charge in [-0.2, -0.15) is 0 Å². The maximum Gasteiger partial charge on any atom is 0.0502 e. The zero-order valence-electron chi connectivity index (χ0n) is 9.98. The Hall–Kier alpha value is 0.350. The van der Waals surface area contributed by atoms with Crippen LogP contribution in [-0.2, 0) is 4.52 Å². The van der Waals surface area contributed by atoms with Crippen LogP contribution in [0.3, 0.4) is 0 Å². The lowest BCUT2D eigenvalue weighted by atomic mass is 10.3. The predicted molar refractivity (Wildman–Crippen MR) is 63.9 cm³/mol. The molecule has 0 bridgehead atoms. The van der Waals surface area contributed by atoms with Crippen LogP contribution in [0.1, 0.15) is 41.0 Å². The molecule has 0 radical (unpaired) electrons. The summed E-state index contributed by atoms with van der Waals surface area (Å²) in [5.74, 6) is 0. The molecule has 0 saturated heterocycles. The summed E-state index contributed by atoms with van der Waals surface area (Å²) in [6.07, 6.45) is 1.14. The Bertz CT molecular complexity index is 77.0. The quantitative estimate of drug-likeness (QED) is 0.552. The van der Waals surface area contributed by atoms with Gasteiger partial charge in [-0.25, -0.2) is 0 Å². The largest absolute Gasteiger partial charge is 0.363 e. The number of nitrogens with one attached hydrogen (secondary N) is 1. The van der Waals surface area contributed by atoms with Crippen molar-refractivity contribution in [2.45, 2.75) is 53.1 Å². The third-order valence-corrected chi connectivity index (χ3v) is 1.61. The predicted octanol–water partition coefficient (Wildman–Crippen LogP) is 3.03. The smallest absolute Gasteiger partial charge is 0.0502 e. The molecule has 0 aliphatic heterocycles. The third kappa shape index (κ3) is 24.5. The van der Waals surface area contributed by atoms with Gasteiger partial charge in [0.15, 0.2) is 0 Å². The van der Waals surface area contributed by atoms with Gasteiger partial charge in [-0.05, 0) is 13.1 Å². The second-order valence-corrected chi connectivity index (χ2v) is 4.23. The molecule has 0 rings (SSSR count). The third-order valence-electron chi connectivity index (χ3n) is 1.12. The van der Waals surface area contributed by atoms with Gasteiger partial charge in [0.25, 0.3) is 0 Å². The molecule has 0 heterocycles. The lowest BCUT2D eigenvalue weighted by Gasteiger charge is -2.10. The summed E-state index contributed by atoms with van der Waals surface area (Å²) in [5, 5.41) is 3.31. The van der Waals surface area contributed by atoms with E-state index in [2.05, 4.69) is 39.9 Å². The average Bonchev–Trinajstić information content (AvgIpc) is 1.99. The van der Waals surface area contributed by atoms with Crippen LogP contribution in [0.2, 0.25) is 0 Å². The van der Waals surface area contributed by atoms with Crippen LogP contribution in [-0.4, -0.2) is 25.4 Å². The summed E-state index contributed by atoms with van der Waals surface area (Å²) < 4.78 is 5.01. The van der Waals surface area contributed by atoms with Crippen LogP contribution in [0, 0.1) is 0 Å². The molecule has 0 aliphatic rings. The van der Waals surface area contributed by atoms with Crippen LogP contribution in [0.15, 0.2) is 0 Å². The Morgan fingerprint density at radius 3 is 1.69 bits per heavy atom. The lowest BCUT2D eigenvalue weighted by molar-refractivity contribution is 0.364. The molecule has 0 aromatic carbocycles. The van der Waals surface area contributed by atoms with E-state index in [1.807, 2.05) is 6.66 Å². The fraction of sp³-hybridized carbons (Fsp3) is 1.00. The van der Waals surface area contributed by atoms with Crippen molar-refractivity contribution < 1.29 is 4.52 Å². The van der Waals surface area contributed by atoms with E-state index in [4.69, 9.17) is 4.52 Å². The summed E-state index contributed by atoms with van der Waals surface area (Å²) in [7, 11) is 0.665. The molecule has 0 spiro atoms. The minimum Gasteiger partial charge on any atom is -0.363 e. The van der Waals surface area contributed by atoms with Crippen LogP contribution in [0.4, 0.5) is 0 Å². The van der Waals surface area contributed by atoms with Gasteiger partial charge in [0.1, 0.15) is 0 Å². The average molecular weight is 207 g/mol. The van der Waals surface area contributed by atoms with Gasteiger partial charge in [-0.1, -0.05) is 34.6 Å². The van der Waals surface area contributed by atoms with Gasteiger partial charge in [0.2, 0.25) is 0 Å². The van der Waals surface area contributed by atoms with Crippen molar-refractivity contribution in [1.29, 1.82) is 0 Å². The molecule has 0 aliphatic carbocycles. The summed E-state index contributed by atoms with van der Waals surface area (Å²) in [4.78, 5) is 0. The molecule has 0 aromatic heterocycles. The number of hydrogen-bond acceptors (Lipinski definition) is 2. The molecule has 0 saturated carbocycles. The molecule has 3 heteroatoms. The highest BCUT2D eigenvalue weighted by Crippen LogP contribution is 2.02. The molecule has 1 unspecified atom stereocenters. The van der Waals surface area contributed by atoms with E-state index >= 15 is 0 Å². The van der Waals surface area contributed by atoms with Crippen molar-refractivity contribution in [3.8, 4) is 0 Å². The van der Waals surface area contributed by atoms with Gasteiger partial charge >= 0.3 is 0 Å². The summed E-state index contributed by atoms with van der Waals surface area (Å²) >= 11 is 0. The van der Waals surface area contributed by atoms with Crippen molar-refractivity contribution in [1.82, 2.24) is 5.32 Å². The van der Waals surface area contributed by atoms with Gasteiger partial charge in [0.05, 0.1) is 6.61 Å². The van der Waals surface area contributed by atoms with Crippen molar-refractivity contribution >= 4 is 8.81 Å². The van der Waals surface area contributed by atoms with E-state index < -0.39 is 0 Å². The highest BCUT2D eigenvalue weighted by Gasteiger charge is 1.92. The monoisotopic (exact) mass is 207 g/mol. The van der Waals surface area contributed by atoms with E-state index in [1.54, 1.807) is 0 Å². The molecular weight excluding hydrogens is 181 g/mol. The standard InChI is InChI=1S/C6H15N.C4H11OP/c1-5(2)7-6(3)4;1-3-4-5-6-2/h5-7H,1-4H3;6H,3-4H2,1-2H3. The SMILES string of the molecule is CC(C)NC(C)C.CCCOPC. The molecule has 1 N–H and O–H groups in total. The Balaban J connectivity index is 0. The second kappa shape index (κ2) is 12.3. The molecule has 0 fully saturated rings. The minimum absolute atomic E-state index is 0.625. The van der Waals surface area contributed by atoms with Crippen molar-refractivity contribution in [2.75, 3.05) is 13.3 Å². The van der Waals surface area contributed by atoms with Gasteiger partial charge in [-0.3, -0.25) is 0 Å². The van der Waals surface area contributed by atoms with Crippen molar-refractivity contribution in [3.05, 3.63) is 0 Å². The number of hydrogen-bond donors (Lipinski definition) is 1. The van der Waals surface area contributed by atoms with Crippen molar-refractivity contribution in [2.24, 2.45) is 0 Å². The first-order valence-corrected chi connectivity index (χ1v) is 6.49. The Morgan fingerprint density at radius 2 is 1.62 bits per heavy atom. The molecule has 2 nitrogen and oxygen atoms in total. The van der Waals surface area contributed by atoms with Crippen LogP contribution in [0.25, 0.3) is 0 Å². The lowest BCUT2D eigenvalue weighted by Crippen LogP contribution is -2.29. The molecule has 13 heavy (non-hydrogen) atoms. The summed E-state index contributed by atoms with van der Waals surface area (Å²) in [6.45, 7) is 13.7. The highest BCUT2D eigenvalue weighted by atomic mass is 31.1. The molecule has 82 valence electrons. The maximum absolute atomic E-state index is 5.01. The summed E-state index contributed by atoms with van der Waals surface area (Å²) in [5.41, 5.74) is 0. The van der Waals surface area contributed by atoms with Crippen LogP contribution >= 0.6 is 8.81 Å². The Labute approximate surface area is 85.7 Å². The molecule has 0 amide bonds. The highest BCUT2D eigenvalue weighted by molar-refractivity contribution is 7.31. The fourth-order valence-electron chi connectivity index (χ4n) is 0.871.